The van der Waals surface area contributed by atoms with Crippen molar-refractivity contribution in [2.75, 3.05) is 18.6 Å². The zero-order valence-electron chi connectivity index (χ0n) is 11.3. The van der Waals surface area contributed by atoms with E-state index in [0.29, 0.717) is 18.9 Å². The van der Waals surface area contributed by atoms with Gasteiger partial charge in [0.2, 0.25) is 5.91 Å². The van der Waals surface area contributed by atoms with Gasteiger partial charge in [0.15, 0.2) is 0 Å². The van der Waals surface area contributed by atoms with Crippen LogP contribution in [0, 0.1) is 5.92 Å². The molecule has 2 nitrogen and oxygen atoms in total. The highest BCUT2D eigenvalue weighted by Crippen LogP contribution is 2.26. The van der Waals surface area contributed by atoms with Crippen molar-refractivity contribution in [1.82, 2.24) is 4.90 Å². The van der Waals surface area contributed by atoms with Gasteiger partial charge in [-0.1, -0.05) is 28.1 Å². The number of hydrogen-bond donors (Lipinski definition) is 0. The Hall–Kier alpha value is -0.480. The summed E-state index contributed by atoms with van der Waals surface area (Å²) in [4.78, 5) is 14.1. The molecule has 0 aliphatic carbocycles. The van der Waals surface area contributed by atoms with Crippen LogP contribution >= 0.6 is 27.7 Å². The zero-order valence-corrected chi connectivity index (χ0v) is 13.7. The molecule has 1 aliphatic rings. The minimum absolute atomic E-state index is 0.275. The van der Waals surface area contributed by atoms with Crippen LogP contribution in [0.15, 0.2) is 28.7 Å². The van der Waals surface area contributed by atoms with Gasteiger partial charge in [0.05, 0.1) is 0 Å². The van der Waals surface area contributed by atoms with E-state index in [2.05, 4.69) is 28.1 Å². The lowest BCUT2D eigenvalue weighted by molar-refractivity contribution is -0.131. The Morgan fingerprint density at radius 3 is 2.84 bits per heavy atom. The van der Waals surface area contributed by atoms with Crippen molar-refractivity contribution in [3.8, 4) is 0 Å². The van der Waals surface area contributed by atoms with E-state index >= 15 is 0 Å². The molecule has 1 aliphatic heterocycles. The Bertz CT molecular complexity index is 432. The standard InChI is InChI=1S/C15H20BrNOS/c1-17(11-13-3-2-4-14(16)9-13)15(18)10-12-5-7-19-8-6-12/h2-4,9,12H,5-8,10-11H2,1H3. The summed E-state index contributed by atoms with van der Waals surface area (Å²) < 4.78 is 1.06. The molecule has 1 aromatic rings. The molecule has 0 bridgehead atoms. The Morgan fingerprint density at radius 2 is 2.16 bits per heavy atom. The Kier molecular flexibility index (Phi) is 5.76. The Balaban J connectivity index is 1.84. The van der Waals surface area contributed by atoms with Crippen LogP contribution in [0.5, 0.6) is 0 Å². The molecule has 0 saturated carbocycles. The van der Waals surface area contributed by atoms with Crippen LogP contribution in [-0.4, -0.2) is 29.4 Å². The molecule has 0 N–H and O–H groups in total. The van der Waals surface area contributed by atoms with Gasteiger partial charge >= 0.3 is 0 Å². The molecule has 19 heavy (non-hydrogen) atoms. The second-order valence-electron chi connectivity index (χ2n) is 5.14. The quantitative estimate of drug-likeness (QED) is 0.826. The van der Waals surface area contributed by atoms with Crippen LogP contribution in [0.25, 0.3) is 0 Å². The number of thioether (sulfide) groups is 1. The number of carbonyl (C=O) groups is 1. The van der Waals surface area contributed by atoms with Crippen LogP contribution < -0.4 is 0 Å². The lowest BCUT2D eigenvalue weighted by Gasteiger charge is -2.24. The molecule has 1 fully saturated rings. The molecule has 4 heteroatoms. The minimum atomic E-state index is 0.275. The van der Waals surface area contributed by atoms with E-state index < -0.39 is 0 Å². The van der Waals surface area contributed by atoms with Gasteiger partial charge in [-0.2, -0.15) is 11.8 Å². The first-order valence-corrected chi connectivity index (χ1v) is 8.66. The summed E-state index contributed by atoms with van der Waals surface area (Å²) in [5.74, 6) is 3.30. The van der Waals surface area contributed by atoms with Gasteiger partial charge in [0, 0.05) is 24.5 Å². The highest BCUT2D eigenvalue weighted by Gasteiger charge is 2.19. The third-order valence-electron chi connectivity index (χ3n) is 3.54. The summed E-state index contributed by atoms with van der Waals surface area (Å²) >= 11 is 5.47. The molecule has 0 unspecified atom stereocenters. The molecule has 0 spiro atoms. The fraction of sp³-hybridized carbons (Fsp3) is 0.533. The van der Waals surface area contributed by atoms with E-state index in [0.717, 1.165) is 4.47 Å². The van der Waals surface area contributed by atoms with Crippen molar-refractivity contribution in [3.05, 3.63) is 34.3 Å². The first-order chi connectivity index (χ1) is 9.15. The van der Waals surface area contributed by atoms with Crippen LogP contribution in [-0.2, 0) is 11.3 Å². The van der Waals surface area contributed by atoms with E-state index in [4.69, 9.17) is 0 Å². The maximum absolute atomic E-state index is 12.2. The molecule has 0 atom stereocenters. The van der Waals surface area contributed by atoms with Gasteiger partial charge in [0.25, 0.3) is 0 Å². The van der Waals surface area contributed by atoms with Gasteiger partial charge in [-0.3, -0.25) is 4.79 Å². The summed E-state index contributed by atoms with van der Waals surface area (Å²) in [7, 11) is 1.90. The zero-order chi connectivity index (χ0) is 13.7. The second-order valence-corrected chi connectivity index (χ2v) is 7.28. The summed E-state index contributed by atoms with van der Waals surface area (Å²) in [6.07, 6.45) is 3.10. The number of amides is 1. The van der Waals surface area contributed by atoms with Gasteiger partial charge in [-0.25, -0.2) is 0 Å². The lowest BCUT2D eigenvalue weighted by Crippen LogP contribution is -2.29. The molecule has 104 valence electrons. The van der Waals surface area contributed by atoms with E-state index in [9.17, 15) is 4.79 Å². The first-order valence-electron chi connectivity index (χ1n) is 6.71. The molecule has 1 saturated heterocycles. The lowest BCUT2D eigenvalue weighted by atomic mass is 9.98. The maximum Gasteiger partial charge on any atom is 0.222 e. The topological polar surface area (TPSA) is 20.3 Å². The highest BCUT2D eigenvalue weighted by atomic mass is 79.9. The fourth-order valence-electron chi connectivity index (χ4n) is 2.35. The maximum atomic E-state index is 12.2. The number of hydrogen-bond acceptors (Lipinski definition) is 2. The van der Waals surface area contributed by atoms with Crippen molar-refractivity contribution in [2.24, 2.45) is 5.92 Å². The Morgan fingerprint density at radius 1 is 1.42 bits per heavy atom. The monoisotopic (exact) mass is 341 g/mol. The molecule has 1 heterocycles. The van der Waals surface area contributed by atoms with Gasteiger partial charge < -0.3 is 4.90 Å². The van der Waals surface area contributed by atoms with Crippen LogP contribution in [0.2, 0.25) is 0 Å². The number of carbonyl (C=O) groups excluding carboxylic acids is 1. The SMILES string of the molecule is CN(Cc1cccc(Br)c1)C(=O)CC1CCSCC1. The third kappa shape index (κ3) is 4.84. The second kappa shape index (κ2) is 7.34. The molecular formula is C15H20BrNOS. The normalized spacial score (nSPS) is 16.3. The van der Waals surface area contributed by atoms with Gasteiger partial charge in [-0.05, 0) is 48.0 Å². The van der Waals surface area contributed by atoms with Crippen molar-refractivity contribution < 1.29 is 4.79 Å². The number of rotatable bonds is 4. The number of halogens is 1. The largest absolute Gasteiger partial charge is 0.341 e. The fourth-order valence-corrected chi connectivity index (χ4v) is 4.00. The molecule has 1 aromatic carbocycles. The molecule has 0 aromatic heterocycles. The summed E-state index contributed by atoms with van der Waals surface area (Å²) in [5.41, 5.74) is 1.17. The molecule has 1 amide bonds. The van der Waals surface area contributed by atoms with Crippen molar-refractivity contribution >= 4 is 33.6 Å². The van der Waals surface area contributed by atoms with Crippen LogP contribution in [0.4, 0.5) is 0 Å². The average molecular weight is 342 g/mol. The van der Waals surface area contributed by atoms with E-state index in [1.54, 1.807) is 0 Å². The van der Waals surface area contributed by atoms with Gasteiger partial charge in [-0.15, -0.1) is 0 Å². The highest BCUT2D eigenvalue weighted by molar-refractivity contribution is 9.10. The van der Waals surface area contributed by atoms with Crippen molar-refractivity contribution in [1.29, 1.82) is 0 Å². The van der Waals surface area contributed by atoms with E-state index in [1.807, 2.05) is 35.8 Å². The van der Waals surface area contributed by atoms with Crippen LogP contribution in [0.1, 0.15) is 24.8 Å². The molecule has 0 radical (unpaired) electrons. The molecule has 2 rings (SSSR count). The first kappa shape index (κ1) is 14.9. The summed E-state index contributed by atoms with van der Waals surface area (Å²) in [6.45, 7) is 0.694. The van der Waals surface area contributed by atoms with Crippen LogP contribution in [0.3, 0.4) is 0 Å². The van der Waals surface area contributed by atoms with E-state index in [-0.39, 0.29) is 5.91 Å². The van der Waals surface area contributed by atoms with Gasteiger partial charge in [0.1, 0.15) is 0 Å². The number of nitrogens with zero attached hydrogens (tertiary/aromatic N) is 1. The predicted octanol–water partition coefficient (Wildman–Crippen LogP) is 3.94. The number of benzene rings is 1. The summed E-state index contributed by atoms with van der Waals surface area (Å²) in [6, 6.07) is 8.15. The molecular weight excluding hydrogens is 322 g/mol. The van der Waals surface area contributed by atoms with E-state index in [1.165, 1.54) is 29.9 Å². The van der Waals surface area contributed by atoms with Crippen molar-refractivity contribution in [3.63, 3.8) is 0 Å². The third-order valence-corrected chi connectivity index (χ3v) is 5.08. The average Bonchev–Trinajstić information content (AvgIpc) is 2.40. The Labute approximate surface area is 128 Å². The summed E-state index contributed by atoms with van der Waals surface area (Å²) in [5, 5.41) is 0. The van der Waals surface area contributed by atoms with Crippen molar-refractivity contribution in [2.45, 2.75) is 25.8 Å². The minimum Gasteiger partial charge on any atom is -0.341 e. The predicted molar refractivity (Wildman–Crippen MR) is 85.3 cm³/mol. The smallest absolute Gasteiger partial charge is 0.222 e.